The molecular weight excluding hydrogens is 242 g/mol. The van der Waals surface area contributed by atoms with Crippen molar-refractivity contribution in [2.45, 2.75) is 75.9 Å². The standard InChI is InChI=1S/C15H27NO3/c17-11-12-6-2-1-3-7-13(12)16-14(18)10-15(19)8-4-5-9-15/h12-13,17,19H,1-11H2,(H,16,18). The van der Waals surface area contributed by atoms with Gasteiger partial charge in [0.2, 0.25) is 5.91 Å². The van der Waals surface area contributed by atoms with Crippen LogP contribution in [0.4, 0.5) is 0 Å². The average Bonchev–Trinajstić information content (AvgIpc) is 2.66. The van der Waals surface area contributed by atoms with Crippen LogP contribution in [0.3, 0.4) is 0 Å². The molecule has 3 N–H and O–H groups in total. The van der Waals surface area contributed by atoms with Gasteiger partial charge in [-0.1, -0.05) is 32.1 Å². The molecule has 2 fully saturated rings. The van der Waals surface area contributed by atoms with Crippen LogP contribution in [0.25, 0.3) is 0 Å². The summed E-state index contributed by atoms with van der Waals surface area (Å²) in [5, 5.41) is 22.7. The van der Waals surface area contributed by atoms with E-state index in [4.69, 9.17) is 0 Å². The van der Waals surface area contributed by atoms with Gasteiger partial charge in [0.15, 0.2) is 0 Å². The van der Waals surface area contributed by atoms with E-state index in [1.807, 2.05) is 0 Å². The summed E-state index contributed by atoms with van der Waals surface area (Å²) in [4.78, 5) is 12.1. The van der Waals surface area contributed by atoms with Gasteiger partial charge in [0.05, 0.1) is 12.0 Å². The molecule has 2 atom stereocenters. The average molecular weight is 269 g/mol. The number of aliphatic hydroxyl groups excluding tert-OH is 1. The summed E-state index contributed by atoms with van der Waals surface area (Å²) in [6.45, 7) is 0.148. The van der Waals surface area contributed by atoms with Gasteiger partial charge in [0.25, 0.3) is 0 Å². The highest BCUT2D eigenvalue weighted by molar-refractivity contribution is 5.77. The minimum atomic E-state index is -0.774. The molecule has 0 heterocycles. The van der Waals surface area contributed by atoms with Gasteiger partial charge in [-0.3, -0.25) is 4.79 Å². The van der Waals surface area contributed by atoms with Crippen molar-refractivity contribution < 1.29 is 15.0 Å². The molecule has 0 aromatic heterocycles. The smallest absolute Gasteiger partial charge is 0.223 e. The Labute approximate surface area is 115 Å². The van der Waals surface area contributed by atoms with Crippen LogP contribution in [0.1, 0.15) is 64.2 Å². The van der Waals surface area contributed by atoms with E-state index in [1.54, 1.807) is 0 Å². The van der Waals surface area contributed by atoms with Gasteiger partial charge >= 0.3 is 0 Å². The van der Waals surface area contributed by atoms with Crippen LogP contribution in [0.5, 0.6) is 0 Å². The Morgan fingerprint density at radius 1 is 1.11 bits per heavy atom. The molecule has 2 rings (SSSR count). The number of rotatable bonds is 4. The fourth-order valence-corrected chi connectivity index (χ4v) is 3.56. The van der Waals surface area contributed by atoms with Crippen molar-refractivity contribution in [1.82, 2.24) is 5.32 Å². The molecule has 2 unspecified atom stereocenters. The molecule has 4 heteroatoms. The Morgan fingerprint density at radius 3 is 2.47 bits per heavy atom. The van der Waals surface area contributed by atoms with Crippen molar-refractivity contribution in [3.05, 3.63) is 0 Å². The lowest BCUT2D eigenvalue weighted by atomic mass is 9.93. The second-order valence-electron chi connectivity index (χ2n) is 6.36. The predicted molar refractivity (Wildman–Crippen MR) is 73.6 cm³/mol. The highest BCUT2D eigenvalue weighted by atomic mass is 16.3. The summed E-state index contributed by atoms with van der Waals surface area (Å²) in [5.41, 5.74) is -0.774. The summed E-state index contributed by atoms with van der Waals surface area (Å²) < 4.78 is 0. The minimum absolute atomic E-state index is 0.0465. The number of hydrogen-bond acceptors (Lipinski definition) is 3. The van der Waals surface area contributed by atoms with Crippen molar-refractivity contribution in [2.24, 2.45) is 5.92 Å². The first kappa shape index (κ1) is 14.8. The molecule has 2 aliphatic carbocycles. The lowest BCUT2D eigenvalue weighted by molar-refractivity contribution is -0.127. The maximum absolute atomic E-state index is 12.1. The Morgan fingerprint density at radius 2 is 1.79 bits per heavy atom. The maximum Gasteiger partial charge on any atom is 0.223 e. The van der Waals surface area contributed by atoms with E-state index in [1.165, 1.54) is 6.42 Å². The van der Waals surface area contributed by atoms with Gasteiger partial charge in [-0.2, -0.15) is 0 Å². The maximum atomic E-state index is 12.1. The lowest BCUT2D eigenvalue weighted by Gasteiger charge is -2.27. The zero-order valence-corrected chi connectivity index (χ0v) is 11.7. The third kappa shape index (κ3) is 4.18. The fourth-order valence-electron chi connectivity index (χ4n) is 3.56. The van der Waals surface area contributed by atoms with E-state index in [0.717, 1.165) is 51.4 Å². The number of carbonyl (C=O) groups excluding carboxylic acids is 1. The van der Waals surface area contributed by atoms with Crippen LogP contribution in [0.15, 0.2) is 0 Å². The van der Waals surface area contributed by atoms with Gasteiger partial charge in [-0.15, -0.1) is 0 Å². The molecule has 2 saturated carbocycles. The van der Waals surface area contributed by atoms with Crippen LogP contribution in [0.2, 0.25) is 0 Å². The Bertz CT molecular complexity index is 300. The monoisotopic (exact) mass is 269 g/mol. The summed E-state index contributed by atoms with van der Waals surface area (Å²) in [5.74, 6) is 0.138. The summed E-state index contributed by atoms with van der Waals surface area (Å²) in [6.07, 6.45) is 9.14. The topological polar surface area (TPSA) is 69.6 Å². The highest BCUT2D eigenvalue weighted by Gasteiger charge is 2.34. The third-order valence-electron chi connectivity index (χ3n) is 4.76. The lowest BCUT2D eigenvalue weighted by Crippen LogP contribution is -2.44. The molecule has 0 spiro atoms. The SMILES string of the molecule is O=C(CC1(O)CCCC1)NC1CCCCCC1CO. The normalized spacial score (nSPS) is 30.8. The zero-order valence-electron chi connectivity index (χ0n) is 11.7. The first-order valence-electron chi connectivity index (χ1n) is 7.75. The molecule has 19 heavy (non-hydrogen) atoms. The molecule has 0 radical (unpaired) electrons. The number of aliphatic hydroxyl groups is 2. The predicted octanol–water partition coefficient (Wildman–Crippen LogP) is 1.74. The highest BCUT2D eigenvalue weighted by Crippen LogP contribution is 2.32. The summed E-state index contributed by atoms with van der Waals surface area (Å²) >= 11 is 0. The minimum Gasteiger partial charge on any atom is -0.396 e. The molecule has 0 saturated heterocycles. The molecule has 1 amide bonds. The summed E-state index contributed by atoms with van der Waals surface area (Å²) in [6, 6.07) is 0.0880. The van der Waals surface area contributed by atoms with Crippen LogP contribution < -0.4 is 5.32 Å². The Hall–Kier alpha value is -0.610. The Balaban J connectivity index is 1.85. The van der Waals surface area contributed by atoms with Crippen molar-refractivity contribution in [3.8, 4) is 0 Å². The van der Waals surface area contributed by atoms with E-state index in [2.05, 4.69) is 5.32 Å². The summed E-state index contributed by atoms with van der Waals surface area (Å²) in [7, 11) is 0. The van der Waals surface area contributed by atoms with E-state index >= 15 is 0 Å². The third-order valence-corrected chi connectivity index (χ3v) is 4.76. The van der Waals surface area contributed by atoms with Gasteiger partial charge < -0.3 is 15.5 Å². The van der Waals surface area contributed by atoms with Gasteiger partial charge in [0.1, 0.15) is 0 Å². The van der Waals surface area contributed by atoms with Crippen molar-refractivity contribution >= 4 is 5.91 Å². The molecule has 4 nitrogen and oxygen atoms in total. The molecule has 0 aromatic carbocycles. The van der Waals surface area contributed by atoms with E-state index in [-0.39, 0.29) is 30.9 Å². The van der Waals surface area contributed by atoms with Gasteiger partial charge in [-0.05, 0) is 25.7 Å². The van der Waals surface area contributed by atoms with Crippen molar-refractivity contribution in [3.63, 3.8) is 0 Å². The quantitative estimate of drug-likeness (QED) is 0.681. The fraction of sp³-hybridized carbons (Fsp3) is 0.933. The van der Waals surface area contributed by atoms with Gasteiger partial charge in [0, 0.05) is 18.6 Å². The molecule has 2 aliphatic rings. The van der Waals surface area contributed by atoms with Crippen LogP contribution in [0, 0.1) is 5.92 Å². The number of hydrogen-bond donors (Lipinski definition) is 3. The first-order valence-corrected chi connectivity index (χ1v) is 7.75. The molecular formula is C15H27NO3. The molecule has 110 valence electrons. The van der Waals surface area contributed by atoms with Crippen LogP contribution in [-0.2, 0) is 4.79 Å². The largest absolute Gasteiger partial charge is 0.396 e. The first-order chi connectivity index (χ1) is 9.13. The second kappa shape index (κ2) is 6.71. The van der Waals surface area contributed by atoms with Crippen LogP contribution >= 0.6 is 0 Å². The van der Waals surface area contributed by atoms with Gasteiger partial charge in [-0.25, -0.2) is 0 Å². The molecule has 0 aliphatic heterocycles. The van der Waals surface area contributed by atoms with E-state index < -0.39 is 5.60 Å². The van der Waals surface area contributed by atoms with E-state index in [9.17, 15) is 15.0 Å². The van der Waals surface area contributed by atoms with Crippen LogP contribution in [-0.4, -0.2) is 34.4 Å². The zero-order chi connectivity index (χ0) is 13.7. The second-order valence-corrected chi connectivity index (χ2v) is 6.36. The Kier molecular flexibility index (Phi) is 5.22. The number of carbonyl (C=O) groups is 1. The van der Waals surface area contributed by atoms with Crippen molar-refractivity contribution in [1.29, 1.82) is 0 Å². The molecule has 0 bridgehead atoms. The molecule has 0 aromatic rings. The van der Waals surface area contributed by atoms with Crippen molar-refractivity contribution in [2.75, 3.05) is 6.61 Å². The number of nitrogens with one attached hydrogen (secondary N) is 1. The number of amides is 1. The van der Waals surface area contributed by atoms with E-state index in [0.29, 0.717) is 0 Å².